The molecule has 1 amide bonds. The minimum Gasteiger partial charge on any atom is -0.376 e. The Morgan fingerprint density at radius 1 is 1.53 bits per heavy atom. The molecule has 0 bridgehead atoms. The summed E-state index contributed by atoms with van der Waals surface area (Å²) in [5.41, 5.74) is 5.12. The van der Waals surface area contributed by atoms with Gasteiger partial charge in [-0.2, -0.15) is 0 Å². The second-order valence-electron chi connectivity index (χ2n) is 5.33. The molecule has 1 aliphatic heterocycles. The predicted octanol–water partition coefficient (Wildman–Crippen LogP) is 1.44. The highest BCUT2D eigenvalue weighted by atomic mass is 16.5. The van der Waals surface area contributed by atoms with E-state index in [1.165, 1.54) is 0 Å². The Hall–Kier alpha value is -0.610. The van der Waals surface area contributed by atoms with Gasteiger partial charge in [-0.25, -0.2) is 0 Å². The maximum atomic E-state index is 12.4. The van der Waals surface area contributed by atoms with Crippen LogP contribution in [0.5, 0.6) is 0 Å². The fourth-order valence-corrected chi connectivity index (χ4v) is 2.34. The SMILES string of the molecule is CCC(CC)(CN)C(=O)NC1(C)CCOC1C. The van der Waals surface area contributed by atoms with E-state index in [0.717, 1.165) is 19.3 Å². The van der Waals surface area contributed by atoms with Crippen molar-refractivity contribution in [2.45, 2.75) is 58.6 Å². The zero-order valence-electron chi connectivity index (χ0n) is 11.5. The van der Waals surface area contributed by atoms with Crippen molar-refractivity contribution in [1.29, 1.82) is 0 Å². The Kier molecular flexibility index (Phi) is 4.55. The molecule has 1 fully saturated rings. The summed E-state index contributed by atoms with van der Waals surface area (Å²) in [7, 11) is 0. The van der Waals surface area contributed by atoms with Crippen molar-refractivity contribution >= 4 is 5.91 Å². The molecule has 4 heteroatoms. The van der Waals surface area contributed by atoms with Crippen molar-refractivity contribution in [3.63, 3.8) is 0 Å². The number of amides is 1. The quantitative estimate of drug-likeness (QED) is 0.766. The van der Waals surface area contributed by atoms with Crippen LogP contribution in [0.15, 0.2) is 0 Å². The minimum absolute atomic E-state index is 0.0654. The van der Waals surface area contributed by atoms with E-state index in [0.29, 0.717) is 13.2 Å². The van der Waals surface area contributed by atoms with Crippen LogP contribution in [0.2, 0.25) is 0 Å². The zero-order valence-corrected chi connectivity index (χ0v) is 11.5. The average molecular weight is 242 g/mol. The minimum atomic E-state index is -0.425. The number of nitrogens with one attached hydrogen (secondary N) is 1. The molecule has 1 heterocycles. The van der Waals surface area contributed by atoms with Gasteiger partial charge in [0.05, 0.1) is 17.1 Å². The van der Waals surface area contributed by atoms with Crippen LogP contribution in [-0.4, -0.2) is 30.7 Å². The fourth-order valence-electron chi connectivity index (χ4n) is 2.34. The van der Waals surface area contributed by atoms with E-state index in [1.54, 1.807) is 0 Å². The molecular formula is C13H26N2O2. The van der Waals surface area contributed by atoms with Crippen LogP contribution in [0.25, 0.3) is 0 Å². The van der Waals surface area contributed by atoms with Crippen LogP contribution in [0.1, 0.15) is 47.0 Å². The first-order valence-corrected chi connectivity index (χ1v) is 6.58. The third-order valence-electron chi connectivity index (χ3n) is 4.51. The molecule has 0 aliphatic carbocycles. The maximum absolute atomic E-state index is 12.4. The average Bonchev–Trinajstić information content (AvgIpc) is 2.62. The summed E-state index contributed by atoms with van der Waals surface area (Å²) < 4.78 is 5.54. The van der Waals surface area contributed by atoms with Gasteiger partial charge in [-0.3, -0.25) is 4.79 Å². The van der Waals surface area contributed by atoms with Gasteiger partial charge in [-0.1, -0.05) is 13.8 Å². The monoisotopic (exact) mass is 242 g/mol. The van der Waals surface area contributed by atoms with Gasteiger partial charge in [0.15, 0.2) is 0 Å². The fraction of sp³-hybridized carbons (Fsp3) is 0.923. The third kappa shape index (κ3) is 2.63. The number of hydrogen-bond donors (Lipinski definition) is 2. The number of rotatable bonds is 5. The van der Waals surface area contributed by atoms with Gasteiger partial charge in [0.25, 0.3) is 0 Å². The lowest BCUT2D eigenvalue weighted by Crippen LogP contribution is -2.56. The molecule has 0 saturated carbocycles. The molecule has 0 spiro atoms. The van der Waals surface area contributed by atoms with E-state index in [9.17, 15) is 4.79 Å². The van der Waals surface area contributed by atoms with Crippen molar-refractivity contribution < 1.29 is 9.53 Å². The van der Waals surface area contributed by atoms with E-state index in [2.05, 4.69) is 12.2 Å². The highest BCUT2D eigenvalue weighted by Gasteiger charge is 2.42. The molecule has 100 valence electrons. The highest BCUT2D eigenvalue weighted by molar-refractivity contribution is 5.83. The van der Waals surface area contributed by atoms with Crippen LogP contribution in [0, 0.1) is 5.41 Å². The number of hydrogen-bond acceptors (Lipinski definition) is 3. The molecule has 2 unspecified atom stereocenters. The summed E-state index contributed by atoms with van der Waals surface area (Å²) in [6, 6.07) is 0. The maximum Gasteiger partial charge on any atom is 0.227 e. The number of ether oxygens (including phenoxy) is 1. The molecule has 17 heavy (non-hydrogen) atoms. The lowest BCUT2D eigenvalue weighted by Gasteiger charge is -2.36. The second-order valence-corrected chi connectivity index (χ2v) is 5.33. The van der Waals surface area contributed by atoms with E-state index in [-0.39, 0.29) is 17.6 Å². The summed E-state index contributed by atoms with van der Waals surface area (Å²) in [4.78, 5) is 12.4. The van der Waals surface area contributed by atoms with E-state index < -0.39 is 5.41 Å². The van der Waals surface area contributed by atoms with E-state index in [1.807, 2.05) is 20.8 Å². The molecule has 2 atom stereocenters. The molecule has 0 aromatic rings. The van der Waals surface area contributed by atoms with Gasteiger partial charge in [0.1, 0.15) is 0 Å². The Morgan fingerprint density at radius 2 is 2.12 bits per heavy atom. The molecule has 3 N–H and O–H groups in total. The van der Waals surface area contributed by atoms with Crippen LogP contribution in [-0.2, 0) is 9.53 Å². The first-order valence-electron chi connectivity index (χ1n) is 6.58. The van der Waals surface area contributed by atoms with Crippen molar-refractivity contribution in [3.8, 4) is 0 Å². The van der Waals surface area contributed by atoms with Crippen LogP contribution >= 0.6 is 0 Å². The first kappa shape index (κ1) is 14.5. The van der Waals surface area contributed by atoms with Crippen LogP contribution in [0.3, 0.4) is 0 Å². The first-order chi connectivity index (χ1) is 7.94. The Labute approximate surface area is 104 Å². The Bertz CT molecular complexity index is 268. The van der Waals surface area contributed by atoms with Gasteiger partial charge < -0.3 is 15.8 Å². The smallest absolute Gasteiger partial charge is 0.227 e. The second kappa shape index (κ2) is 5.36. The van der Waals surface area contributed by atoms with Gasteiger partial charge >= 0.3 is 0 Å². The standard InChI is InChI=1S/C13H26N2O2/c1-5-13(6-2,9-14)11(16)15-12(4)7-8-17-10(12)3/h10H,5-9,14H2,1-4H3,(H,15,16). The normalized spacial score (nSPS) is 29.4. The van der Waals surface area contributed by atoms with Gasteiger partial charge in [0, 0.05) is 13.2 Å². The highest BCUT2D eigenvalue weighted by Crippen LogP contribution is 2.30. The predicted molar refractivity (Wildman–Crippen MR) is 68.6 cm³/mol. The molecule has 0 aromatic heterocycles. The zero-order chi connectivity index (χ0) is 13.1. The lowest BCUT2D eigenvalue weighted by molar-refractivity contribution is -0.133. The molecular weight excluding hydrogens is 216 g/mol. The van der Waals surface area contributed by atoms with Gasteiger partial charge in [0.2, 0.25) is 5.91 Å². The molecule has 4 nitrogen and oxygen atoms in total. The summed E-state index contributed by atoms with van der Waals surface area (Å²) in [5, 5.41) is 3.15. The van der Waals surface area contributed by atoms with Gasteiger partial charge in [-0.15, -0.1) is 0 Å². The molecule has 0 aromatic carbocycles. The lowest BCUT2D eigenvalue weighted by atomic mass is 9.80. The van der Waals surface area contributed by atoms with Gasteiger partial charge in [-0.05, 0) is 33.1 Å². The van der Waals surface area contributed by atoms with Crippen molar-refractivity contribution in [2.75, 3.05) is 13.2 Å². The largest absolute Gasteiger partial charge is 0.376 e. The molecule has 0 radical (unpaired) electrons. The van der Waals surface area contributed by atoms with Crippen molar-refractivity contribution in [3.05, 3.63) is 0 Å². The van der Waals surface area contributed by atoms with E-state index in [4.69, 9.17) is 10.5 Å². The number of carbonyl (C=O) groups is 1. The summed E-state index contributed by atoms with van der Waals surface area (Å²) in [6.07, 6.45) is 2.48. The number of carbonyl (C=O) groups excluding carboxylic acids is 1. The van der Waals surface area contributed by atoms with Crippen molar-refractivity contribution in [2.24, 2.45) is 11.1 Å². The molecule has 1 rings (SSSR count). The Balaban J connectivity index is 2.77. The van der Waals surface area contributed by atoms with Crippen LogP contribution < -0.4 is 11.1 Å². The van der Waals surface area contributed by atoms with E-state index >= 15 is 0 Å². The third-order valence-corrected chi connectivity index (χ3v) is 4.51. The molecule has 1 aliphatic rings. The summed E-state index contributed by atoms with van der Waals surface area (Å²) in [5.74, 6) is 0.0739. The summed E-state index contributed by atoms with van der Waals surface area (Å²) >= 11 is 0. The van der Waals surface area contributed by atoms with Crippen LogP contribution in [0.4, 0.5) is 0 Å². The topological polar surface area (TPSA) is 64.4 Å². The number of nitrogens with two attached hydrogens (primary N) is 1. The van der Waals surface area contributed by atoms with Crippen molar-refractivity contribution in [1.82, 2.24) is 5.32 Å². The Morgan fingerprint density at radius 3 is 2.47 bits per heavy atom. The summed E-state index contributed by atoms with van der Waals surface area (Å²) in [6.45, 7) is 9.22. The molecule has 1 saturated heterocycles.